The predicted molar refractivity (Wildman–Crippen MR) is 107 cm³/mol. The van der Waals surface area contributed by atoms with Gasteiger partial charge < -0.3 is 19.9 Å². The van der Waals surface area contributed by atoms with Crippen molar-refractivity contribution in [3.63, 3.8) is 0 Å². The van der Waals surface area contributed by atoms with E-state index in [2.05, 4.69) is 47.8 Å². The summed E-state index contributed by atoms with van der Waals surface area (Å²) >= 11 is 1.76. The van der Waals surface area contributed by atoms with Gasteiger partial charge in [0.2, 0.25) is 0 Å². The molecule has 1 aliphatic heterocycles. The molecule has 1 aromatic heterocycles. The van der Waals surface area contributed by atoms with Crippen molar-refractivity contribution >= 4 is 28.6 Å². The second-order valence-electron chi connectivity index (χ2n) is 6.91. The fourth-order valence-electron chi connectivity index (χ4n) is 3.04. The van der Waals surface area contributed by atoms with Crippen molar-refractivity contribution in [3.8, 4) is 0 Å². The molecule has 0 radical (unpaired) electrons. The van der Waals surface area contributed by atoms with Crippen molar-refractivity contribution < 1.29 is 14.4 Å². The molecular formula is C20H28N3O2S+. The monoisotopic (exact) mass is 374 g/mol. The van der Waals surface area contributed by atoms with E-state index < -0.39 is 0 Å². The van der Waals surface area contributed by atoms with Gasteiger partial charge in [-0.2, -0.15) is 0 Å². The smallest absolute Gasteiger partial charge is 0.282 e. The SMILES string of the molecule is Cc1ccsc1C[NH+](C)[C@@H](C)C(=O)Nc1ccc(N2CCOCC2)cc1. The number of morpholine rings is 1. The fourth-order valence-corrected chi connectivity index (χ4v) is 4.04. The molecule has 1 unspecified atom stereocenters. The lowest BCUT2D eigenvalue weighted by Gasteiger charge is -2.29. The average molecular weight is 375 g/mol. The molecule has 140 valence electrons. The van der Waals surface area contributed by atoms with Crippen LogP contribution in [0.5, 0.6) is 0 Å². The Kier molecular flexibility index (Phi) is 6.29. The Balaban J connectivity index is 1.55. The summed E-state index contributed by atoms with van der Waals surface area (Å²) in [5.74, 6) is 0.0517. The summed E-state index contributed by atoms with van der Waals surface area (Å²) in [6, 6.07) is 10.1. The number of benzene rings is 1. The zero-order chi connectivity index (χ0) is 18.5. The Hall–Kier alpha value is -1.89. The van der Waals surface area contributed by atoms with Gasteiger partial charge in [-0.25, -0.2) is 0 Å². The van der Waals surface area contributed by atoms with Crippen molar-refractivity contribution in [1.82, 2.24) is 0 Å². The number of nitrogens with one attached hydrogen (secondary N) is 2. The lowest BCUT2D eigenvalue weighted by molar-refractivity contribution is -0.907. The van der Waals surface area contributed by atoms with Crippen LogP contribution in [0.2, 0.25) is 0 Å². The number of ether oxygens (including phenoxy) is 1. The first kappa shape index (κ1) is 18.9. The van der Waals surface area contributed by atoms with Crippen LogP contribution in [0.25, 0.3) is 0 Å². The van der Waals surface area contributed by atoms with E-state index in [1.54, 1.807) is 11.3 Å². The highest BCUT2D eigenvalue weighted by molar-refractivity contribution is 7.10. The topological polar surface area (TPSA) is 46.0 Å². The maximum absolute atomic E-state index is 12.6. The van der Waals surface area contributed by atoms with E-state index in [9.17, 15) is 4.79 Å². The number of quaternary nitrogens is 1. The van der Waals surface area contributed by atoms with Crippen LogP contribution in [-0.2, 0) is 16.1 Å². The van der Waals surface area contributed by atoms with Crippen LogP contribution in [0.1, 0.15) is 17.4 Å². The molecule has 0 saturated carbocycles. The standard InChI is InChI=1S/C20H27N3O2S/c1-15-8-13-26-19(15)14-22(3)16(2)20(24)21-17-4-6-18(7-5-17)23-9-11-25-12-10-23/h4-8,13,16H,9-12,14H2,1-3H3,(H,21,24)/p+1/t16-/m0/s1. The highest BCUT2D eigenvalue weighted by Crippen LogP contribution is 2.19. The Morgan fingerprint density at radius 3 is 2.58 bits per heavy atom. The summed E-state index contributed by atoms with van der Waals surface area (Å²) in [7, 11) is 2.07. The van der Waals surface area contributed by atoms with Crippen LogP contribution >= 0.6 is 11.3 Å². The highest BCUT2D eigenvalue weighted by Gasteiger charge is 2.23. The summed E-state index contributed by atoms with van der Waals surface area (Å²) < 4.78 is 5.39. The maximum atomic E-state index is 12.6. The molecule has 2 N–H and O–H groups in total. The van der Waals surface area contributed by atoms with Gasteiger partial charge in [0.05, 0.1) is 25.1 Å². The van der Waals surface area contributed by atoms with Gasteiger partial charge in [0.1, 0.15) is 6.54 Å². The van der Waals surface area contributed by atoms with Crippen molar-refractivity contribution in [2.45, 2.75) is 26.4 Å². The van der Waals surface area contributed by atoms with E-state index in [0.29, 0.717) is 0 Å². The Labute approximate surface area is 159 Å². The molecule has 1 aliphatic rings. The number of carbonyl (C=O) groups excluding carboxylic acids is 1. The molecule has 6 heteroatoms. The molecule has 0 spiro atoms. The molecule has 2 aromatic rings. The highest BCUT2D eigenvalue weighted by atomic mass is 32.1. The van der Waals surface area contributed by atoms with E-state index in [1.165, 1.54) is 21.0 Å². The van der Waals surface area contributed by atoms with Gasteiger partial charge in [0, 0.05) is 24.5 Å². The quantitative estimate of drug-likeness (QED) is 0.812. The van der Waals surface area contributed by atoms with E-state index in [-0.39, 0.29) is 11.9 Å². The molecule has 26 heavy (non-hydrogen) atoms. The van der Waals surface area contributed by atoms with Crippen molar-refractivity contribution in [3.05, 3.63) is 46.2 Å². The summed E-state index contributed by atoms with van der Waals surface area (Å²) in [4.78, 5) is 17.4. The normalized spacial score (nSPS) is 17.0. The molecule has 1 amide bonds. The number of rotatable bonds is 6. The summed E-state index contributed by atoms with van der Waals surface area (Å²) in [6.07, 6.45) is 0. The number of thiophene rings is 1. The molecule has 3 rings (SSSR count). The second kappa shape index (κ2) is 8.66. The van der Waals surface area contributed by atoms with E-state index in [0.717, 1.165) is 38.5 Å². The van der Waals surface area contributed by atoms with Crippen LogP contribution in [0, 0.1) is 6.92 Å². The molecule has 2 heterocycles. The summed E-state index contributed by atoms with van der Waals surface area (Å²) in [6.45, 7) is 8.35. The number of anilines is 2. The van der Waals surface area contributed by atoms with Gasteiger partial charge in [-0.15, -0.1) is 11.3 Å². The van der Waals surface area contributed by atoms with E-state index in [4.69, 9.17) is 4.74 Å². The van der Waals surface area contributed by atoms with Crippen LogP contribution < -0.4 is 15.1 Å². The molecule has 2 atom stereocenters. The van der Waals surface area contributed by atoms with E-state index in [1.807, 2.05) is 19.1 Å². The van der Waals surface area contributed by atoms with Gasteiger partial charge in [-0.05, 0) is 55.1 Å². The average Bonchev–Trinajstić information content (AvgIpc) is 3.07. The van der Waals surface area contributed by atoms with Crippen molar-refractivity contribution in [2.24, 2.45) is 0 Å². The Morgan fingerprint density at radius 2 is 1.96 bits per heavy atom. The van der Waals surface area contributed by atoms with Gasteiger partial charge in [0.15, 0.2) is 6.04 Å². The lowest BCUT2D eigenvalue weighted by atomic mass is 10.2. The third kappa shape index (κ3) is 4.63. The summed E-state index contributed by atoms with van der Waals surface area (Å²) in [5, 5.41) is 5.16. The first-order valence-electron chi connectivity index (χ1n) is 9.13. The number of hydrogen-bond donors (Lipinski definition) is 2. The number of aryl methyl sites for hydroxylation is 1. The molecule has 1 fully saturated rings. The zero-order valence-electron chi connectivity index (χ0n) is 15.7. The number of hydrogen-bond acceptors (Lipinski definition) is 4. The van der Waals surface area contributed by atoms with Crippen molar-refractivity contribution in [2.75, 3.05) is 43.6 Å². The lowest BCUT2D eigenvalue weighted by Crippen LogP contribution is -3.12. The zero-order valence-corrected chi connectivity index (χ0v) is 16.6. The molecule has 0 bridgehead atoms. The van der Waals surface area contributed by atoms with Gasteiger partial charge in [0.25, 0.3) is 5.91 Å². The predicted octanol–water partition coefficient (Wildman–Crippen LogP) is 1.94. The number of nitrogens with zero attached hydrogens (tertiary/aromatic N) is 1. The third-order valence-electron chi connectivity index (χ3n) is 5.05. The van der Waals surface area contributed by atoms with Gasteiger partial charge in [-0.3, -0.25) is 4.79 Å². The second-order valence-corrected chi connectivity index (χ2v) is 7.91. The third-order valence-corrected chi connectivity index (χ3v) is 6.07. The molecule has 1 aromatic carbocycles. The maximum Gasteiger partial charge on any atom is 0.282 e. The fraction of sp³-hybridized carbons (Fsp3) is 0.450. The van der Waals surface area contributed by atoms with Crippen LogP contribution in [0.4, 0.5) is 11.4 Å². The molecule has 1 saturated heterocycles. The molecule has 5 nitrogen and oxygen atoms in total. The Morgan fingerprint density at radius 1 is 1.27 bits per heavy atom. The van der Waals surface area contributed by atoms with Gasteiger partial charge in [-0.1, -0.05) is 0 Å². The first-order chi connectivity index (χ1) is 12.5. The van der Waals surface area contributed by atoms with Crippen LogP contribution in [-0.4, -0.2) is 45.3 Å². The number of amides is 1. The minimum atomic E-state index is -0.115. The largest absolute Gasteiger partial charge is 0.378 e. The van der Waals surface area contributed by atoms with Crippen LogP contribution in [0.3, 0.4) is 0 Å². The minimum absolute atomic E-state index is 0.0517. The van der Waals surface area contributed by atoms with Gasteiger partial charge >= 0.3 is 0 Å². The van der Waals surface area contributed by atoms with E-state index >= 15 is 0 Å². The Bertz CT molecular complexity index is 723. The number of likely N-dealkylation sites (N-methyl/N-ethyl adjacent to an activating group) is 1. The van der Waals surface area contributed by atoms with Crippen LogP contribution in [0.15, 0.2) is 35.7 Å². The molecular weight excluding hydrogens is 346 g/mol. The first-order valence-corrected chi connectivity index (χ1v) is 10.0. The number of carbonyl (C=O) groups is 1. The molecule has 0 aliphatic carbocycles. The minimum Gasteiger partial charge on any atom is -0.378 e. The van der Waals surface area contributed by atoms with Crippen molar-refractivity contribution in [1.29, 1.82) is 0 Å². The summed E-state index contributed by atoms with van der Waals surface area (Å²) in [5.41, 5.74) is 3.33.